The Balaban J connectivity index is 1.68. The average molecular weight is 528 g/mol. The minimum Gasteiger partial charge on any atom is -0.355 e. The highest BCUT2D eigenvalue weighted by molar-refractivity contribution is 7.89. The molecule has 0 radical (unpaired) electrons. The van der Waals surface area contributed by atoms with Gasteiger partial charge in [-0.05, 0) is 67.3 Å². The molecule has 2 N–H and O–H groups in total. The summed E-state index contributed by atoms with van der Waals surface area (Å²) in [7, 11) is -3.80. The molecule has 0 unspecified atom stereocenters. The fourth-order valence-electron chi connectivity index (χ4n) is 4.70. The maximum Gasteiger partial charge on any atom is 0.264 e. The molecule has 9 nitrogen and oxygen atoms in total. The van der Waals surface area contributed by atoms with Crippen LogP contribution in [-0.4, -0.2) is 65.0 Å². The second-order valence-corrected chi connectivity index (χ2v) is 11.6. The van der Waals surface area contributed by atoms with Gasteiger partial charge in [0.15, 0.2) is 0 Å². The van der Waals surface area contributed by atoms with E-state index in [9.17, 15) is 12.8 Å². The zero-order chi connectivity index (χ0) is 26.7. The summed E-state index contributed by atoms with van der Waals surface area (Å²) in [5, 5.41) is 19.5. The first-order valence-electron chi connectivity index (χ1n) is 12.4. The maximum atomic E-state index is 13.4. The predicted octanol–water partition coefficient (Wildman–Crippen LogP) is 4.19. The Bertz CT molecular complexity index is 1360. The topological polar surface area (TPSA) is 107 Å². The summed E-state index contributed by atoms with van der Waals surface area (Å²) in [6, 6.07) is 9.79. The van der Waals surface area contributed by atoms with Crippen LogP contribution in [0.4, 0.5) is 15.8 Å². The molecule has 1 atom stereocenters. The van der Waals surface area contributed by atoms with Gasteiger partial charge in [-0.1, -0.05) is 13.8 Å². The maximum absolute atomic E-state index is 13.4. The molecule has 3 aromatic rings. The molecule has 2 aromatic carbocycles. The lowest BCUT2D eigenvalue weighted by atomic mass is 9.94. The van der Waals surface area contributed by atoms with E-state index in [-0.39, 0.29) is 23.4 Å². The van der Waals surface area contributed by atoms with Crippen molar-refractivity contribution in [1.82, 2.24) is 24.2 Å². The minimum atomic E-state index is -3.80. The van der Waals surface area contributed by atoms with E-state index in [0.29, 0.717) is 36.8 Å². The van der Waals surface area contributed by atoms with Gasteiger partial charge < -0.3 is 10.7 Å². The van der Waals surface area contributed by atoms with Crippen LogP contribution in [0.25, 0.3) is 0 Å². The summed E-state index contributed by atoms with van der Waals surface area (Å²) in [5.41, 5.74) is 4.06. The van der Waals surface area contributed by atoms with Crippen molar-refractivity contribution < 1.29 is 12.8 Å². The van der Waals surface area contributed by atoms with Gasteiger partial charge in [0.1, 0.15) is 5.82 Å². The molecule has 1 aromatic heterocycles. The highest BCUT2D eigenvalue weighted by Crippen LogP contribution is 2.34. The van der Waals surface area contributed by atoms with Gasteiger partial charge in [-0.2, -0.15) is 14.2 Å². The molecule has 11 heteroatoms. The summed E-state index contributed by atoms with van der Waals surface area (Å²) < 4.78 is 41.7. The van der Waals surface area contributed by atoms with E-state index in [0.717, 1.165) is 23.4 Å². The Morgan fingerprint density at radius 1 is 1.22 bits per heavy atom. The van der Waals surface area contributed by atoms with Gasteiger partial charge in [0, 0.05) is 55.4 Å². The van der Waals surface area contributed by atoms with Crippen molar-refractivity contribution >= 4 is 27.6 Å². The van der Waals surface area contributed by atoms with Crippen molar-refractivity contribution in [3.63, 3.8) is 0 Å². The molecule has 1 aliphatic rings. The van der Waals surface area contributed by atoms with E-state index < -0.39 is 10.0 Å². The molecule has 0 spiro atoms. The first-order chi connectivity index (χ1) is 17.6. The van der Waals surface area contributed by atoms with Crippen LogP contribution in [0.5, 0.6) is 0 Å². The van der Waals surface area contributed by atoms with Crippen LogP contribution in [0.15, 0.2) is 47.6 Å². The predicted molar refractivity (Wildman–Crippen MR) is 142 cm³/mol. The van der Waals surface area contributed by atoms with Gasteiger partial charge in [-0.15, -0.1) is 5.10 Å². The number of nitrogens with zero attached hydrogens (tertiary/aromatic N) is 5. The number of anilines is 2. The van der Waals surface area contributed by atoms with Crippen LogP contribution >= 0.6 is 0 Å². The summed E-state index contributed by atoms with van der Waals surface area (Å²) in [6.45, 7) is 10.7. The van der Waals surface area contributed by atoms with E-state index in [1.165, 1.54) is 33.6 Å². The van der Waals surface area contributed by atoms with Gasteiger partial charge in [-0.25, -0.2) is 12.8 Å². The Labute approximate surface area is 217 Å². The number of hydrogen-bond acceptors (Lipinski definition) is 7. The lowest BCUT2D eigenvalue weighted by molar-refractivity contribution is 0.104. The zero-order valence-electron chi connectivity index (χ0n) is 21.6. The molecule has 1 fully saturated rings. The Hall–Kier alpha value is -3.15. The van der Waals surface area contributed by atoms with Crippen LogP contribution in [0, 0.1) is 24.1 Å². The highest BCUT2D eigenvalue weighted by Gasteiger charge is 2.37. The Kier molecular flexibility index (Phi) is 8.05. The number of halogens is 1. The molecular weight excluding hydrogens is 493 g/mol. The molecule has 0 amide bonds. The van der Waals surface area contributed by atoms with Gasteiger partial charge in [0.2, 0.25) is 5.03 Å². The van der Waals surface area contributed by atoms with Gasteiger partial charge >= 0.3 is 0 Å². The lowest BCUT2D eigenvalue weighted by Gasteiger charge is -2.42. The molecule has 0 aliphatic carbocycles. The third kappa shape index (κ3) is 5.89. The summed E-state index contributed by atoms with van der Waals surface area (Å²) in [6.07, 6.45) is 2.59. The quantitative estimate of drug-likeness (QED) is 0.404. The number of sulfonamides is 1. The minimum absolute atomic E-state index is 0.0406. The van der Waals surface area contributed by atoms with Crippen molar-refractivity contribution in [3.05, 3.63) is 65.1 Å². The van der Waals surface area contributed by atoms with Crippen LogP contribution in [-0.2, 0) is 16.6 Å². The number of aryl methyl sites for hydroxylation is 2. The number of benzene rings is 2. The van der Waals surface area contributed by atoms with E-state index >= 15 is 0 Å². The molecule has 4 rings (SSSR count). The second kappa shape index (κ2) is 11.1. The monoisotopic (exact) mass is 527 g/mol. The van der Waals surface area contributed by atoms with E-state index in [1.54, 1.807) is 12.1 Å². The number of nitrogens with one attached hydrogen (secondary N) is 2. The third-order valence-electron chi connectivity index (χ3n) is 6.53. The van der Waals surface area contributed by atoms with E-state index in [4.69, 9.17) is 5.41 Å². The average Bonchev–Trinajstić information content (AvgIpc) is 3.36. The van der Waals surface area contributed by atoms with Crippen LogP contribution in [0.2, 0.25) is 0 Å². The standard InChI is InChI=1S/C26H34FN7O2S/c1-5-34-29-15-26(31-34)37(35,36)33-11-10-32(16-18(2)3)25(17-33)23-13-20(14-28)24(12-19(23)4)30-22-8-6-21(27)7-9-22/h6-9,12-15,18,25,28,30H,5,10-11,16-17H2,1-4H3/t25-/m1/s1. The van der Waals surface area contributed by atoms with Gasteiger partial charge in [0.25, 0.3) is 10.0 Å². The molecule has 37 heavy (non-hydrogen) atoms. The first-order valence-corrected chi connectivity index (χ1v) is 13.9. The highest BCUT2D eigenvalue weighted by atomic mass is 32.2. The molecule has 0 bridgehead atoms. The largest absolute Gasteiger partial charge is 0.355 e. The summed E-state index contributed by atoms with van der Waals surface area (Å²) >= 11 is 0. The molecular formula is C26H34FN7O2S. The first kappa shape index (κ1) is 26.9. The number of piperazine rings is 1. The van der Waals surface area contributed by atoms with Gasteiger partial charge in [0.05, 0.1) is 12.7 Å². The zero-order valence-corrected chi connectivity index (χ0v) is 22.5. The van der Waals surface area contributed by atoms with Crippen LogP contribution < -0.4 is 5.32 Å². The molecule has 1 saturated heterocycles. The van der Waals surface area contributed by atoms with Gasteiger partial charge in [-0.3, -0.25) is 4.90 Å². The van der Waals surface area contributed by atoms with Crippen LogP contribution in [0.1, 0.15) is 43.5 Å². The second-order valence-electron chi connectivity index (χ2n) is 9.71. The number of aromatic nitrogens is 3. The third-order valence-corrected chi connectivity index (χ3v) is 8.26. The Morgan fingerprint density at radius 2 is 1.95 bits per heavy atom. The van der Waals surface area contributed by atoms with Crippen molar-refractivity contribution in [3.8, 4) is 0 Å². The lowest BCUT2D eigenvalue weighted by Crippen LogP contribution is -2.51. The van der Waals surface area contributed by atoms with E-state index in [1.807, 2.05) is 26.0 Å². The molecule has 1 aliphatic heterocycles. The normalized spacial score (nSPS) is 17.3. The van der Waals surface area contributed by atoms with Crippen molar-refractivity contribution in [2.45, 2.75) is 45.3 Å². The van der Waals surface area contributed by atoms with Crippen molar-refractivity contribution in [1.29, 1.82) is 5.41 Å². The fourth-order valence-corrected chi connectivity index (χ4v) is 6.00. The van der Waals surface area contributed by atoms with Crippen molar-refractivity contribution in [2.24, 2.45) is 5.92 Å². The molecule has 0 saturated carbocycles. The Morgan fingerprint density at radius 3 is 2.57 bits per heavy atom. The number of rotatable bonds is 9. The number of hydrogen-bond donors (Lipinski definition) is 2. The van der Waals surface area contributed by atoms with Crippen LogP contribution in [0.3, 0.4) is 0 Å². The molecule has 2 heterocycles. The molecule has 198 valence electrons. The summed E-state index contributed by atoms with van der Waals surface area (Å²) in [5.74, 6) is 0.0840. The van der Waals surface area contributed by atoms with Crippen molar-refractivity contribution in [2.75, 3.05) is 31.5 Å². The smallest absolute Gasteiger partial charge is 0.264 e. The SMILES string of the molecule is CCn1ncc(S(=O)(=O)N2CCN(CC(C)C)[C@@H](c3cc(C=N)c(Nc4ccc(F)cc4)cc3C)C2)n1. The van der Waals surface area contributed by atoms with E-state index in [2.05, 4.69) is 34.3 Å². The summed E-state index contributed by atoms with van der Waals surface area (Å²) in [4.78, 5) is 3.69. The fraction of sp³-hybridized carbons (Fsp3) is 0.423.